The maximum atomic E-state index is 12.7. The number of likely N-dealkylation sites (tertiary alicyclic amines) is 1. The first-order chi connectivity index (χ1) is 11.3. The summed E-state index contributed by atoms with van der Waals surface area (Å²) in [6.45, 7) is 7.14. The minimum Gasteiger partial charge on any atom is -0.550 e. The van der Waals surface area contributed by atoms with Crippen LogP contribution in [0.2, 0.25) is 0 Å². The highest BCUT2D eigenvalue weighted by Crippen LogP contribution is 2.51. The van der Waals surface area contributed by atoms with Crippen LogP contribution in [0.15, 0.2) is 35.5 Å². The number of amides is 1. The summed E-state index contributed by atoms with van der Waals surface area (Å²) in [4.78, 5) is 25.8. The molecule has 3 heterocycles. The number of rotatable bonds is 6. The molecule has 2 fully saturated rings. The third-order valence-electron chi connectivity index (χ3n) is 5.20. The molecule has 2 bridgehead atoms. The number of hydrogen-bond acceptors (Lipinski definition) is 4. The lowest BCUT2D eigenvalue weighted by molar-refractivity contribution is -0.313. The van der Waals surface area contributed by atoms with Crippen molar-refractivity contribution in [2.24, 2.45) is 11.8 Å². The van der Waals surface area contributed by atoms with Crippen LogP contribution >= 0.6 is 0 Å². The molecular weight excluding hydrogens is 306 g/mol. The monoisotopic (exact) mass is 330 g/mol. The molecule has 3 rings (SSSR count). The van der Waals surface area contributed by atoms with Gasteiger partial charge in [-0.2, -0.15) is 0 Å². The predicted molar refractivity (Wildman–Crippen MR) is 87.7 cm³/mol. The molecule has 0 radical (unpaired) electrons. The van der Waals surface area contributed by atoms with Gasteiger partial charge in [0.25, 0.3) is 0 Å². The van der Waals surface area contributed by atoms with Gasteiger partial charge in [0.1, 0.15) is 5.60 Å². The van der Waals surface area contributed by atoms with Crippen molar-refractivity contribution in [3.05, 3.63) is 35.5 Å². The highest BCUT2D eigenvalue weighted by atomic mass is 16.5. The minimum atomic E-state index is -1.19. The number of fused-ring (bicyclic) bond motifs is 1. The topological polar surface area (TPSA) is 69.7 Å². The molecule has 0 saturated carbocycles. The van der Waals surface area contributed by atoms with Gasteiger partial charge in [0.15, 0.2) is 0 Å². The molecule has 0 aliphatic carbocycles. The summed E-state index contributed by atoms with van der Waals surface area (Å²) in [5, 5.41) is 11.4. The largest absolute Gasteiger partial charge is 0.550 e. The molecule has 24 heavy (non-hydrogen) atoms. The molecule has 1 amide bonds. The van der Waals surface area contributed by atoms with Crippen LogP contribution in [0.25, 0.3) is 0 Å². The number of allylic oxidation sites excluding steroid dienone is 3. The number of hydrogen-bond donors (Lipinski definition) is 0. The van der Waals surface area contributed by atoms with Gasteiger partial charge in [-0.05, 0) is 33.6 Å². The first kappa shape index (κ1) is 17.0. The zero-order valence-electron chi connectivity index (χ0n) is 14.5. The normalized spacial score (nSPS) is 34.0. The molecule has 2 saturated heterocycles. The van der Waals surface area contributed by atoms with Crippen LogP contribution in [0.1, 0.15) is 33.6 Å². The molecule has 0 N–H and O–H groups in total. The Balaban J connectivity index is 1.66. The molecule has 4 atom stereocenters. The average Bonchev–Trinajstić information content (AvgIpc) is 3.13. The Kier molecular flexibility index (Phi) is 4.38. The van der Waals surface area contributed by atoms with E-state index in [0.29, 0.717) is 13.1 Å². The van der Waals surface area contributed by atoms with E-state index >= 15 is 0 Å². The van der Waals surface area contributed by atoms with Crippen LogP contribution < -0.4 is 5.11 Å². The third-order valence-corrected chi connectivity index (χ3v) is 5.20. The van der Waals surface area contributed by atoms with Gasteiger partial charge < -0.3 is 19.5 Å². The summed E-state index contributed by atoms with van der Waals surface area (Å²) < 4.78 is 5.83. The second kappa shape index (κ2) is 6.20. The van der Waals surface area contributed by atoms with Crippen molar-refractivity contribution >= 4 is 11.9 Å². The van der Waals surface area contributed by atoms with Crippen LogP contribution in [0, 0.1) is 11.8 Å². The van der Waals surface area contributed by atoms with Gasteiger partial charge in [0, 0.05) is 18.4 Å². The molecule has 0 aromatic rings. The molecule has 0 aromatic carbocycles. The van der Waals surface area contributed by atoms with Gasteiger partial charge in [0.2, 0.25) is 5.91 Å². The Hall–Kier alpha value is -1.88. The maximum absolute atomic E-state index is 12.7. The molecular formula is C19H24NO4-. The molecule has 3 aliphatic rings. The second-order valence-electron chi connectivity index (χ2n) is 7.31. The number of nitrogens with zero attached hydrogens (tertiary/aromatic N) is 1. The number of carbonyl (C=O) groups is 2. The lowest BCUT2D eigenvalue weighted by Crippen LogP contribution is -2.45. The van der Waals surface area contributed by atoms with Gasteiger partial charge in [-0.25, -0.2) is 0 Å². The van der Waals surface area contributed by atoms with E-state index in [9.17, 15) is 14.7 Å². The summed E-state index contributed by atoms with van der Waals surface area (Å²) in [6.07, 6.45) is 9.31. The van der Waals surface area contributed by atoms with Gasteiger partial charge in [0.05, 0.1) is 18.6 Å². The zero-order chi connectivity index (χ0) is 17.5. The van der Waals surface area contributed by atoms with Crippen molar-refractivity contribution in [2.45, 2.75) is 45.3 Å². The van der Waals surface area contributed by atoms with E-state index in [1.807, 2.05) is 6.08 Å². The van der Waals surface area contributed by atoms with Crippen molar-refractivity contribution < 1.29 is 19.4 Å². The minimum absolute atomic E-state index is 0.135. The van der Waals surface area contributed by atoms with E-state index in [1.54, 1.807) is 11.0 Å². The fourth-order valence-electron chi connectivity index (χ4n) is 3.96. The van der Waals surface area contributed by atoms with Crippen molar-refractivity contribution in [1.82, 2.24) is 4.90 Å². The number of ether oxygens (including phenoxy) is 1. The fourth-order valence-corrected chi connectivity index (χ4v) is 3.96. The van der Waals surface area contributed by atoms with Crippen LogP contribution in [-0.4, -0.2) is 41.6 Å². The van der Waals surface area contributed by atoms with Gasteiger partial charge in [-0.15, -0.1) is 0 Å². The first-order valence-corrected chi connectivity index (χ1v) is 8.50. The number of carboxylic acid groups (broad SMARTS) is 1. The van der Waals surface area contributed by atoms with E-state index in [1.165, 1.54) is 11.1 Å². The summed E-state index contributed by atoms with van der Waals surface area (Å²) in [7, 11) is 0. The maximum Gasteiger partial charge on any atom is 0.230 e. The Bertz CT molecular complexity index is 644. The molecule has 130 valence electrons. The number of aliphatic carboxylic acids is 1. The van der Waals surface area contributed by atoms with E-state index in [4.69, 9.17) is 4.74 Å². The number of carboxylic acids is 1. The summed E-state index contributed by atoms with van der Waals surface area (Å²) >= 11 is 0. The number of carbonyl (C=O) groups excluding carboxylic acids is 2. The molecule has 1 spiro atoms. The first-order valence-electron chi connectivity index (χ1n) is 8.50. The van der Waals surface area contributed by atoms with Crippen LogP contribution in [-0.2, 0) is 14.3 Å². The van der Waals surface area contributed by atoms with E-state index in [2.05, 4.69) is 32.9 Å². The highest BCUT2D eigenvalue weighted by Gasteiger charge is 2.65. The van der Waals surface area contributed by atoms with E-state index < -0.39 is 29.5 Å². The molecule has 5 heteroatoms. The molecule has 3 aliphatic heterocycles. The van der Waals surface area contributed by atoms with Crippen LogP contribution in [0.5, 0.6) is 0 Å². The van der Waals surface area contributed by atoms with Gasteiger partial charge in [-0.3, -0.25) is 4.79 Å². The van der Waals surface area contributed by atoms with Gasteiger partial charge in [-0.1, -0.05) is 35.5 Å². The van der Waals surface area contributed by atoms with Crippen molar-refractivity contribution in [3.63, 3.8) is 0 Å². The van der Waals surface area contributed by atoms with Crippen molar-refractivity contribution in [2.75, 3.05) is 13.1 Å². The molecule has 0 unspecified atom stereocenters. The zero-order valence-corrected chi connectivity index (χ0v) is 14.5. The lowest BCUT2D eigenvalue weighted by atomic mass is 9.77. The summed E-state index contributed by atoms with van der Waals surface area (Å²) in [6, 6.07) is 0. The van der Waals surface area contributed by atoms with Crippen LogP contribution in [0.3, 0.4) is 0 Å². The Morgan fingerprint density at radius 3 is 2.83 bits per heavy atom. The third kappa shape index (κ3) is 2.81. The standard InChI is InChI=1S/C19H25NO4/c1-12(2)5-4-6-13(3)8-10-20-11-19-9-7-14(24-19)15(18(22)23)16(19)17(20)21/h5,7-9,14-16H,4,6,10-11H2,1-3H3,(H,22,23)/p-1/t14-,15+,16-,19+/m0/s1. The van der Waals surface area contributed by atoms with Gasteiger partial charge >= 0.3 is 0 Å². The quantitative estimate of drug-likeness (QED) is 0.687. The fraction of sp³-hybridized carbons (Fsp3) is 0.579. The SMILES string of the molecule is CC(C)=CCCC(C)=CCN1C[C@@]23C=C[C@H](O2)[C@@H](C(=O)[O-])[C@H]3C1=O. The smallest absolute Gasteiger partial charge is 0.230 e. The molecule has 5 nitrogen and oxygen atoms in total. The van der Waals surface area contributed by atoms with Crippen LogP contribution in [0.4, 0.5) is 0 Å². The Morgan fingerprint density at radius 2 is 2.17 bits per heavy atom. The Labute approximate surface area is 142 Å². The van der Waals surface area contributed by atoms with Crippen molar-refractivity contribution in [3.8, 4) is 0 Å². The highest BCUT2D eigenvalue weighted by molar-refractivity contribution is 5.90. The second-order valence-corrected chi connectivity index (χ2v) is 7.31. The van der Waals surface area contributed by atoms with E-state index in [-0.39, 0.29) is 5.91 Å². The summed E-state index contributed by atoms with van der Waals surface area (Å²) in [5.41, 5.74) is 1.76. The predicted octanol–water partition coefficient (Wildman–Crippen LogP) is 1.21. The average molecular weight is 330 g/mol. The summed E-state index contributed by atoms with van der Waals surface area (Å²) in [5.74, 6) is -2.84. The van der Waals surface area contributed by atoms with E-state index in [0.717, 1.165) is 12.8 Å². The Morgan fingerprint density at radius 1 is 1.42 bits per heavy atom. The van der Waals surface area contributed by atoms with Crippen molar-refractivity contribution in [1.29, 1.82) is 0 Å². The molecule has 0 aromatic heterocycles. The lowest BCUT2D eigenvalue weighted by Gasteiger charge is -2.24.